The topological polar surface area (TPSA) is 70.7 Å². The van der Waals surface area contributed by atoms with Crippen LogP contribution in [-0.4, -0.2) is 15.0 Å². The van der Waals surface area contributed by atoms with Crippen molar-refractivity contribution >= 4 is 39.0 Å². The second-order valence-electron chi connectivity index (χ2n) is 6.05. The van der Waals surface area contributed by atoms with E-state index in [0.717, 1.165) is 11.3 Å². The van der Waals surface area contributed by atoms with Crippen LogP contribution < -0.4 is 10.9 Å². The van der Waals surface area contributed by atoms with Gasteiger partial charge in [-0.2, -0.15) is 0 Å². The number of nitrogens with zero attached hydrogens (tertiary/aromatic N) is 2. The molecule has 0 aliphatic carbocycles. The van der Waals surface area contributed by atoms with E-state index in [1.165, 1.54) is 17.4 Å². The molecular formula is C19H14ClFN4OS. The predicted molar refractivity (Wildman–Crippen MR) is 107 cm³/mol. The molecule has 0 unspecified atom stereocenters. The van der Waals surface area contributed by atoms with Crippen molar-refractivity contribution < 1.29 is 4.39 Å². The molecule has 5 nitrogen and oxygen atoms in total. The minimum absolute atomic E-state index is 0.147. The first-order chi connectivity index (χ1) is 13.0. The molecule has 3 aromatic heterocycles. The fourth-order valence-electron chi connectivity index (χ4n) is 2.83. The highest BCUT2D eigenvalue weighted by Crippen LogP contribution is 2.28. The molecule has 0 radical (unpaired) electrons. The molecule has 136 valence electrons. The molecule has 0 bridgehead atoms. The number of pyridine rings is 2. The monoisotopic (exact) mass is 400 g/mol. The Morgan fingerprint density at radius 1 is 1.33 bits per heavy atom. The molecule has 8 heteroatoms. The smallest absolute Gasteiger partial charge is 0.253 e. The predicted octanol–water partition coefficient (Wildman–Crippen LogP) is 5.01. The molecule has 0 spiro atoms. The fraction of sp³-hybridized carbons (Fsp3) is 0.105. The molecule has 27 heavy (non-hydrogen) atoms. The van der Waals surface area contributed by atoms with Gasteiger partial charge in [0, 0.05) is 39.3 Å². The minimum Gasteiger partial charge on any atom is -0.355 e. The van der Waals surface area contributed by atoms with E-state index >= 15 is 0 Å². The van der Waals surface area contributed by atoms with Crippen LogP contribution in [0.4, 0.5) is 9.52 Å². The summed E-state index contributed by atoms with van der Waals surface area (Å²) in [4.78, 5) is 23.6. The summed E-state index contributed by atoms with van der Waals surface area (Å²) in [5.41, 5.74) is 2.00. The largest absolute Gasteiger partial charge is 0.355 e. The van der Waals surface area contributed by atoms with E-state index in [4.69, 9.17) is 11.6 Å². The molecular weight excluding hydrogens is 387 g/mol. The Labute approximate surface area is 162 Å². The number of halogens is 2. The van der Waals surface area contributed by atoms with Crippen molar-refractivity contribution in [1.82, 2.24) is 15.0 Å². The third kappa shape index (κ3) is 3.56. The third-order valence-corrected chi connectivity index (χ3v) is 5.16. The first-order valence-corrected chi connectivity index (χ1v) is 9.41. The summed E-state index contributed by atoms with van der Waals surface area (Å²) < 4.78 is 14.0. The molecule has 1 atom stereocenters. The van der Waals surface area contributed by atoms with Crippen molar-refractivity contribution in [2.45, 2.75) is 13.0 Å². The van der Waals surface area contributed by atoms with Crippen molar-refractivity contribution in [1.29, 1.82) is 0 Å². The van der Waals surface area contributed by atoms with Gasteiger partial charge in [-0.1, -0.05) is 11.6 Å². The summed E-state index contributed by atoms with van der Waals surface area (Å²) in [7, 11) is 0. The number of anilines is 1. The summed E-state index contributed by atoms with van der Waals surface area (Å²) in [5, 5.41) is 6.64. The SMILES string of the molecule is C[C@H](Nc1nc(-c2cccnc2)cs1)c1cc2cc(Cl)cc(F)c2[nH]c1=O. The van der Waals surface area contributed by atoms with Crippen LogP contribution in [0.3, 0.4) is 0 Å². The zero-order valence-electron chi connectivity index (χ0n) is 14.2. The number of fused-ring (bicyclic) bond motifs is 1. The zero-order chi connectivity index (χ0) is 19.0. The Balaban J connectivity index is 1.64. The maximum atomic E-state index is 14.0. The number of aromatic nitrogens is 3. The molecule has 2 N–H and O–H groups in total. The summed E-state index contributed by atoms with van der Waals surface area (Å²) in [6.07, 6.45) is 3.45. The van der Waals surface area contributed by atoms with Crippen molar-refractivity contribution in [3.8, 4) is 11.3 Å². The van der Waals surface area contributed by atoms with Gasteiger partial charge in [-0.3, -0.25) is 9.78 Å². The summed E-state index contributed by atoms with van der Waals surface area (Å²) in [6, 6.07) is 7.90. The molecule has 0 fully saturated rings. The van der Waals surface area contributed by atoms with Gasteiger partial charge in [-0.15, -0.1) is 11.3 Å². The van der Waals surface area contributed by atoms with Crippen LogP contribution in [0.2, 0.25) is 5.02 Å². The lowest BCUT2D eigenvalue weighted by Crippen LogP contribution is -2.19. The van der Waals surface area contributed by atoms with Crippen molar-refractivity contribution in [3.05, 3.63) is 74.9 Å². The molecule has 4 aromatic rings. The number of benzene rings is 1. The maximum absolute atomic E-state index is 14.0. The average Bonchev–Trinajstić information content (AvgIpc) is 3.11. The van der Waals surface area contributed by atoms with Crippen LogP contribution in [0.15, 0.2) is 52.9 Å². The highest BCUT2D eigenvalue weighted by atomic mass is 35.5. The molecule has 4 rings (SSSR count). The van der Waals surface area contributed by atoms with Gasteiger partial charge in [-0.05, 0) is 37.3 Å². The lowest BCUT2D eigenvalue weighted by Gasteiger charge is -2.13. The molecule has 0 saturated carbocycles. The summed E-state index contributed by atoms with van der Waals surface area (Å²) in [6.45, 7) is 1.85. The van der Waals surface area contributed by atoms with Gasteiger partial charge in [0.15, 0.2) is 5.13 Å². The van der Waals surface area contributed by atoms with Gasteiger partial charge in [0.25, 0.3) is 5.56 Å². The maximum Gasteiger partial charge on any atom is 0.253 e. The van der Waals surface area contributed by atoms with Gasteiger partial charge in [-0.25, -0.2) is 9.37 Å². The van der Waals surface area contributed by atoms with Gasteiger partial charge in [0.05, 0.1) is 17.3 Å². The van der Waals surface area contributed by atoms with E-state index in [-0.39, 0.29) is 22.1 Å². The van der Waals surface area contributed by atoms with E-state index in [9.17, 15) is 9.18 Å². The van der Waals surface area contributed by atoms with E-state index in [1.807, 2.05) is 24.4 Å². The Hall–Kier alpha value is -2.77. The average molecular weight is 401 g/mol. The van der Waals surface area contributed by atoms with Crippen molar-refractivity contribution in [3.63, 3.8) is 0 Å². The number of hydrogen-bond donors (Lipinski definition) is 2. The first kappa shape index (κ1) is 17.6. The number of thiazole rings is 1. The quantitative estimate of drug-likeness (QED) is 0.505. The van der Waals surface area contributed by atoms with E-state index < -0.39 is 5.82 Å². The van der Waals surface area contributed by atoms with Gasteiger partial charge in [0.2, 0.25) is 0 Å². The standard InChI is InChI=1S/C19H14ClFN4OS/c1-10(23-19-24-16(9-27-19)11-3-2-4-22-8-11)14-6-12-5-13(20)7-15(21)17(12)25-18(14)26/h2-10H,1H3,(H,23,24)(H,25,26)/t10-/m0/s1. The number of H-pyrrole nitrogens is 1. The van der Waals surface area contributed by atoms with Crippen LogP contribution in [0.5, 0.6) is 0 Å². The highest BCUT2D eigenvalue weighted by Gasteiger charge is 2.15. The highest BCUT2D eigenvalue weighted by molar-refractivity contribution is 7.14. The lowest BCUT2D eigenvalue weighted by molar-refractivity contribution is 0.636. The van der Waals surface area contributed by atoms with E-state index in [2.05, 4.69) is 20.3 Å². The number of hydrogen-bond acceptors (Lipinski definition) is 5. The van der Waals surface area contributed by atoms with Gasteiger partial charge >= 0.3 is 0 Å². The molecule has 1 aromatic carbocycles. The minimum atomic E-state index is -0.553. The molecule has 0 aliphatic heterocycles. The van der Waals surface area contributed by atoms with Crippen LogP contribution in [0.25, 0.3) is 22.2 Å². The molecule has 0 amide bonds. The molecule has 3 heterocycles. The number of aromatic amines is 1. The fourth-order valence-corrected chi connectivity index (χ4v) is 3.85. The van der Waals surface area contributed by atoms with Crippen LogP contribution in [0, 0.1) is 5.82 Å². The lowest BCUT2D eigenvalue weighted by atomic mass is 10.1. The Kier molecular flexibility index (Phi) is 4.63. The molecule has 0 saturated heterocycles. The Morgan fingerprint density at radius 3 is 2.96 bits per heavy atom. The zero-order valence-corrected chi connectivity index (χ0v) is 15.7. The Morgan fingerprint density at radius 2 is 2.19 bits per heavy atom. The third-order valence-electron chi connectivity index (χ3n) is 4.17. The molecule has 0 aliphatic rings. The van der Waals surface area contributed by atoms with Gasteiger partial charge < -0.3 is 10.3 Å². The van der Waals surface area contributed by atoms with Crippen molar-refractivity contribution in [2.75, 3.05) is 5.32 Å². The second kappa shape index (κ2) is 7.09. The van der Waals surface area contributed by atoms with Crippen LogP contribution >= 0.6 is 22.9 Å². The number of rotatable bonds is 4. The number of nitrogens with one attached hydrogen (secondary N) is 2. The Bertz CT molecular complexity index is 1180. The normalized spacial score (nSPS) is 12.3. The summed E-state index contributed by atoms with van der Waals surface area (Å²) >= 11 is 7.36. The first-order valence-electron chi connectivity index (χ1n) is 8.15. The van der Waals surface area contributed by atoms with E-state index in [0.29, 0.717) is 16.1 Å². The van der Waals surface area contributed by atoms with Crippen LogP contribution in [-0.2, 0) is 0 Å². The van der Waals surface area contributed by atoms with Gasteiger partial charge in [0.1, 0.15) is 5.82 Å². The van der Waals surface area contributed by atoms with E-state index in [1.54, 1.807) is 24.5 Å². The summed E-state index contributed by atoms with van der Waals surface area (Å²) in [5.74, 6) is -0.553. The van der Waals surface area contributed by atoms with Crippen molar-refractivity contribution in [2.24, 2.45) is 0 Å². The van der Waals surface area contributed by atoms with Crippen LogP contribution in [0.1, 0.15) is 18.5 Å². The second-order valence-corrected chi connectivity index (χ2v) is 7.35.